The molecule has 5 fully saturated rings. The topological polar surface area (TPSA) is 168 Å². The molecule has 6 heterocycles. The number of piperidine rings is 4. The highest BCUT2D eigenvalue weighted by Crippen LogP contribution is 2.39. The van der Waals surface area contributed by atoms with Gasteiger partial charge in [-0.2, -0.15) is 0 Å². The number of rotatable bonds is 17. The molecule has 5 aliphatic heterocycles. The van der Waals surface area contributed by atoms with Gasteiger partial charge in [0.1, 0.15) is 11.9 Å². The standard InChI is InChI=1S/C54H64N6O8/c61-46-17-15-43(44-16-18-49(63)56-52(44)46)47(62)35-55-23-6-24-60(36-41-7-4-5-10-45(41)58-29-31-67-32-30-58)51(65)34-39-13-11-38(12-14-39)33-50(64)59-27-21-54(22-28-59,42-8-2-1-3-9-42)53(66)68-48-37-57-25-19-40(48)20-26-57/h1-5,7-18,40,47-48,55,61-62H,6,19-37H2,(H,56,63). The Kier molecular flexibility index (Phi) is 14.9. The van der Waals surface area contributed by atoms with Crippen molar-refractivity contribution in [2.45, 2.75) is 69.1 Å². The molecule has 14 nitrogen and oxygen atoms in total. The van der Waals surface area contributed by atoms with Crippen molar-refractivity contribution < 1.29 is 34.1 Å². The van der Waals surface area contributed by atoms with Crippen LogP contribution < -0.4 is 15.8 Å². The van der Waals surface area contributed by atoms with Crippen molar-refractivity contribution in [2.24, 2.45) is 5.92 Å². The number of nitrogens with zero attached hydrogens (tertiary/aromatic N) is 4. The highest BCUT2D eigenvalue weighted by Gasteiger charge is 2.47. The Hall–Kier alpha value is -6.06. The van der Waals surface area contributed by atoms with Crippen LogP contribution in [-0.2, 0) is 48.7 Å². The van der Waals surface area contributed by atoms with Crippen molar-refractivity contribution >= 4 is 34.4 Å². The first-order valence-electron chi connectivity index (χ1n) is 24.4. The molecule has 1 aromatic heterocycles. The number of benzene rings is 4. The predicted octanol–water partition coefficient (Wildman–Crippen LogP) is 5.10. The minimum atomic E-state index is -0.894. The molecule has 0 radical (unpaired) electrons. The largest absolute Gasteiger partial charge is 0.506 e. The zero-order valence-corrected chi connectivity index (χ0v) is 38.8. The molecule has 14 heteroatoms. The van der Waals surface area contributed by atoms with E-state index in [0.717, 1.165) is 73.5 Å². The van der Waals surface area contributed by atoms with Gasteiger partial charge in [0, 0.05) is 69.5 Å². The molecule has 10 rings (SSSR count). The SMILES string of the molecule is O=C(Cc1ccc(CC(=O)N(CCCNCC(O)c2ccc(O)c3[nH]c(=O)ccc23)Cc2ccccc2N2CCOCC2)cc1)N1CCC(C(=O)OC2CN3CCC2CC3)(c2ccccc2)CC1. The summed E-state index contributed by atoms with van der Waals surface area (Å²) in [5.41, 5.74) is 4.57. The third kappa shape index (κ3) is 10.8. The van der Waals surface area contributed by atoms with Gasteiger partial charge >= 0.3 is 5.97 Å². The normalized spacial score (nSPS) is 20.5. The fraction of sp³-hybridized carbons (Fsp3) is 0.444. The van der Waals surface area contributed by atoms with E-state index in [2.05, 4.69) is 32.2 Å². The Balaban J connectivity index is 0.812. The molecule has 358 valence electrons. The van der Waals surface area contributed by atoms with Crippen LogP contribution in [0.2, 0.25) is 0 Å². The number of hydrogen-bond donors (Lipinski definition) is 4. The van der Waals surface area contributed by atoms with Gasteiger partial charge in [-0.1, -0.05) is 78.9 Å². The number of pyridine rings is 1. The molecule has 2 bridgehead atoms. The molecule has 2 unspecified atom stereocenters. The predicted molar refractivity (Wildman–Crippen MR) is 260 cm³/mol. The van der Waals surface area contributed by atoms with Crippen LogP contribution in [0.1, 0.15) is 66.0 Å². The number of para-hydroxylation sites is 1. The number of nitrogens with one attached hydrogen (secondary N) is 2. The molecular weight excluding hydrogens is 861 g/mol. The highest BCUT2D eigenvalue weighted by molar-refractivity contribution is 5.87. The number of amides is 2. The van der Waals surface area contributed by atoms with Crippen LogP contribution in [0.5, 0.6) is 5.75 Å². The average Bonchev–Trinajstić information content (AvgIpc) is 3.37. The molecule has 5 saturated heterocycles. The van der Waals surface area contributed by atoms with Crippen LogP contribution in [0.3, 0.4) is 0 Å². The number of carbonyl (C=O) groups is 3. The van der Waals surface area contributed by atoms with Gasteiger partial charge in [0.2, 0.25) is 17.4 Å². The van der Waals surface area contributed by atoms with E-state index in [1.165, 1.54) is 12.1 Å². The maximum absolute atomic E-state index is 14.2. The van der Waals surface area contributed by atoms with Gasteiger partial charge in [-0.05, 0) is 104 Å². The number of aromatic nitrogens is 1. The summed E-state index contributed by atoms with van der Waals surface area (Å²) in [7, 11) is 0. The summed E-state index contributed by atoms with van der Waals surface area (Å²) in [4.78, 5) is 65.2. The number of fused-ring (bicyclic) bond motifs is 4. The fourth-order valence-electron chi connectivity index (χ4n) is 10.7. The van der Waals surface area contributed by atoms with Gasteiger partial charge in [0.15, 0.2) is 0 Å². The van der Waals surface area contributed by atoms with Gasteiger partial charge in [0.25, 0.3) is 0 Å². The smallest absolute Gasteiger partial charge is 0.317 e. The number of aliphatic hydroxyl groups is 1. The number of carbonyl (C=O) groups excluding carboxylic acids is 3. The lowest BCUT2D eigenvalue weighted by molar-refractivity contribution is -0.168. The first kappa shape index (κ1) is 47.0. The summed E-state index contributed by atoms with van der Waals surface area (Å²) in [6.07, 6.45) is 3.25. The van der Waals surface area contributed by atoms with E-state index in [1.54, 1.807) is 12.1 Å². The summed E-state index contributed by atoms with van der Waals surface area (Å²) in [6.45, 7) is 8.44. The highest BCUT2D eigenvalue weighted by atomic mass is 16.5. The number of phenolic OH excluding ortho intramolecular Hbond substituents is 1. The molecule has 4 aromatic carbocycles. The summed E-state index contributed by atoms with van der Waals surface area (Å²) < 4.78 is 12.0. The number of aliphatic hydroxyl groups excluding tert-OH is 1. The van der Waals surface area contributed by atoms with Crippen LogP contribution in [0, 0.1) is 5.92 Å². The van der Waals surface area contributed by atoms with Gasteiger partial charge in [0.05, 0.1) is 43.1 Å². The van der Waals surface area contributed by atoms with Gasteiger partial charge in [-0.25, -0.2) is 0 Å². The lowest BCUT2D eigenvalue weighted by Gasteiger charge is -2.46. The van der Waals surface area contributed by atoms with Gasteiger partial charge in [-0.3, -0.25) is 24.1 Å². The molecular formula is C54H64N6O8. The van der Waals surface area contributed by atoms with Crippen molar-refractivity contribution in [2.75, 3.05) is 83.6 Å². The number of hydrogen-bond acceptors (Lipinski definition) is 11. The molecule has 4 N–H and O–H groups in total. The maximum Gasteiger partial charge on any atom is 0.317 e. The number of likely N-dealkylation sites (tertiary alicyclic amines) is 1. The van der Waals surface area contributed by atoms with Crippen LogP contribution >= 0.6 is 0 Å². The van der Waals surface area contributed by atoms with Gasteiger partial charge < -0.3 is 44.7 Å². The third-order valence-corrected chi connectivity index (χ3v) is 14.7. The molecule has 68 heavy (non-hydrogen) atoms. The lowest BCUT2D eigenvalue weighted by Crippen LogP contribution is -2.55. The maximum atomic E-state index is 14.2. The lowest BCUT2D eigenvalue weighted by atomic mass is 9.72. The first-order chi connectivity index (χ1) is 33.1. The third-order valence-electron chi connectivity index (χ3n) is 14.7. The molecule has 5 aliphatic rings. The van der Waals surface area contributed by atoms with Crippen LogP contribution in [0.25, 0.3) is 10.9 Å². The summed E-state index contributed by atoms with van der Waals surface area (Å²) in [5.74, 6) is 0.196. The van der Waals surface area contributed by atoms with E-state index in [9.17, 15) is 29.4 Å². The molecule has 2 amide bonds. The monoisotopic (exact) mass is 924 g/mol. The van der Waals surface area contributed by atoms with Gasteiger partial charge in [-0.15, -0.1) is 0 Å². The van der Waals surface area contributed by atoms with Crippen molar-refractivity contribution in [3.63, 3.8) is 0 Å². The first-order valence-corrected chi connectivity index (χ1v) is 24.4. The summed E-state index contributed by atoms with van der Waals surface area (Å²) in [6, 6.07) is 32.0. The molecule has 0 aliphatic carbocycles. The number of H-pyrrole nitrogens is 1. The second-order valence-corrected chi connectivity index (χ2v) is 19.0. The quantitative estimate of drug-likeness (QED) is 0.0725. The van der Waals surface area contributed by atoms with Crippen LogP contribution in [0.4, 0.5) is 5.69 Å². The average molecular weight is 925 g/mol. The number of morpholine rings is 1. The number of esters is 1. The Morgan fingerprint density at radius 2 is 1.54 bits per heavy atom. The number of aromatic hydroxyl groups is 1. The number of anilines is 1. The van der Waals surface area contributed by atoms with E-state index in [4.69, 9.17) is 9.47 Å². The van der Waals surface area contributed by atoms with Crippen molar-refractivity contribution in [1.29, 1.82) is 0 Å². The molecule has 0 spiro atoms. The Morgan fingerprint density at radius 3 is 2.26 bits per heavy atom. The molecule has 0 saturated carbocycles. The number of phenols is 1. The van der Waals surface area contributed by atoms with E-state index in [-0.39, 0.29) is 60.1 Å². The Bertz CT molecular complexity index is 2580. The van der Waals surface area contributed by atoms with Crippen LogP contribution in [-0.4, -0.2) is 132 Å². The van der Waals surface area contributed by atoms with E-state index < -0.39 is 11.5 Å². The van der Waals surface area contributed by atoms with Crippen molar-refractivity contribution in [1.82, 2.24) is 25.0 Å². The Labute approximate surface area is 397 Å². The zero-order chi connectivity index (χ0) is 47.0. The van der Waals surface area contributed by atoms with E-state index in [0.29, 0.717) is 82.1 Å². The zero-order valence-electron chi connectivity index (χ0n) is 38.8. The van der Waals surface area contributed by atoms with Crippen molar-refractivity contribution in [3.05, 3.63) is 141 Å². The summed E-state index contributed by atoms with van der Waals surface area (Å²) >= 11 is 0. The van der Waals surface area contributed by atoms with Crippen LogP contribution in [0.15, 0.2) is 108 Å². The molecule has 2 atom stereocenters. The minimum Gasteiger partial charge on any atom is -0.506 e. The second kappa shape index (κ2) is 21.5. The second-order valence-electron chi connectivity index (χ2n) is 19.0. The fourth-order valence-corrected chi connectivity index (χ4v) is 10.7. The number of aromatic amines is 1. The number of ether oxygens (including phenoxy) is 2. The van der Waals surface area contributed by atoms with E-state index >= 15 is 0 Å². The van der Waals surface area contributed by atoms with E-state index in [1.807, 2.05) is 76.5 Å². The summed E-state index contributed by atoms with van der Waals surface area (Å²) in [5, 5.41) is 25.3. The Morgan fingerprint density at radius 1 is 0.838 bits per heavy atom. The molecule has 5 aromatic rings. The van der Waals surface area contributed by atoms with Crippen molar-refractivity contribution in [3.8, 4) is 5.75 Å². The minimum absolute atomic E-state index is 0.0141.